The van der Waals surface area contributed by atoms with Crippen molar-refractivity contribution in [3.63, 3.8) is 0 Å². The smallest absolute Gasteiger partial charge is 0.244 e. The summed E-state index contributed by atoms with van der Waals surface area (Å²) in [5.41, 5.74) is 0. The van der Waals surface area contributed by atoms with Crippen LogP contribution in [0.3, 0.4) is 0 Å². The molecule has 3 rings (SSSR count). The molecular weight excluding hydrogens is 365 g/mol. The summed E-state index contributed by atoms with van der Waals surface area (Å²) in [5.74, 6) is 0.542. The summed E-state index contributed by atoms with van der Waals surface area (Å²) in [6.07, 6.45) is 7.52. The number of nitrogens with zero attached hydrogens (tertiary/aromatic N) is 3. The summed E-state index contributed by atoms with van der Waals surface area (Å²) in [5, 5.41) is 10.3. The Kier molecular flexibility index (Phi) is 9.24. The molecule has 0 aliphatic carbocycles. The molecule has 2 amide bonds. The summed E-state index contributed by atoms with van der Waals surface area (Å²) in [6, 6.07) is 1.79. The summed E-state index contributed by atoms with van der Waals surface area (Å²) in [6.45, 7) is 3.39. The lowest BCUT2D eigenvalue weighted by Crippen LogP contribution is -2.47. The maximum absolute atomic E-state index is 12.3. The van der Waals surface area contributed by atoms with Crippen LogP contribution in [-0.2, 0) is 16.1 Å². The van der Waals surface area contributed by atoms with Crippen LogP contribution in [0, 0.1) is 5.92 Å². The maximum Gasteiger partial charge on any atom is 0.244 e. The third-order valence-corrected chi connectivity index (χ3v) is 4.67. The van der Waals surface area contributed by atoms with Crippen molar-refractivity contribution in [3.8, 4) is 0 Å². The lowest BCUT2D eigenvalue weighted by molar-refractivity contribution is -0.133. The zero-order valence-corrected chi connectivity index (χ0v) is 15.9. The topological polar surface area (TPSA) is 79.3 Å². The molecule has 1 aromatic heterocycles. The van der Waals surface area contributed by atoms with Crippen LogP contribution in [0.15, 0.2) is 18.5 Å². The molecule has 2 unspecified atom stereocenters. The van der Waals surface area contributed by atoms with Crippen LogP contribution in [0.25, 0.3) is 0 Å². The van der Waals surface area contributed by atoms with Gasteiger partial charge < -0.3 is 15.5 Å². The summed E-state index contributed by atoms with van der Waals surface area (Å²) >= 11 is 0. The quantitative estimate of drug-likeness (QED) is 0.778. The number of aromatic nitrogens is 2. The van der Waals surface area contributed by atoms with Crippen LogP contribution in [0.5, 0.6) is 0 Å². The molecule has 1 aromatic rings. The molecule has 0 spiro atoms. The van der Waals surface area contributed by atoms with Crippen molar-refractivity contribution in [2.45, 2.75) is 38.3 Å². The van der Waals surface area contributed by atoms with E-state index in [1.54, 1.807) is 17.1 Å². The number of hydrogen-bond donors (Lipinski definition) is 2. The monoisotopic (exact) mass is 391 g/mol. The highest BCUT2D eigenvalue weighted by Gasteiger charge is 2.26. The largest absolute Gasteiger partial charge is 0.354 e. The van der Waals surface area contributed by atoms with Crippen molar-refractivity contribution >= 4 is 36.6 Å². The van der Waals surface area contributed by atoms with Gasteiger partial charge in [-0.2, -0.15) is 5.10 Å². The van der Waals surface area contributed by atoms with E-state index in [0.29, 0.717) is 12.5 Å². The van der Waals surface area contributed by atoms with Crippen LogP contribution in [0.4, 0.5) is 0 Å². The third kappa shape index (κ3) is 6.17. The van der Waals surface area contributed by atoms with Crippen molar-refractivity contribution < 1.29 is 9.59 Å². The number of rotatable bonds is 5. The molecule has 0 saturated carbocycles. The van der Waals surface area contributed by atoms with E-state index in [9.17, 15) is 9.59 Å². The molecule has 2 fully saturated rings. The molecule has 9 heteroatoms. The van der Waals surface area contributed by atoms with E-state index in [1.165, 1.54) is 0 Å². The normalized spacial score (nSPS) is 22.6. The Labute approximate surface area is 160 Å². The molecule has 2 N–H and O–H groups in total. The highest BCUT2D eigenvalue weighted by Crippen LogP contribution is 2.16. The van der Waals surface area contributed by atoms with E-state index in [4.69, 9.17) is 0 Å². The molecule has 0 aromatic carbocycles. The minimum atomic E-state index is -0.0314. The first-order chi connectivity index (χ1) is 11.2. The van der Waals surface area contributed by atoms with Crippen LogP contribution in [0.2, 0.25) is 0 Å². The second-order valence-electron chi connectivity index (χ2n) is 6.45. The number of hydrogen-bond acceptors (Lipinski definition) is 4. The Morgan fingerprint density at radius 2 is 2.08 bits per heavy atom. The predicted octanol–water partition coefficient (Wildman–Crippen LogP) is 0.834. The van der Waals surface area contributed by atoms with Crippen molar-refractivity contribution in [2.75, 3.05) is 26.2 Å². The van der Waals surface area contributed by atoms with Gasteiger partial charge in [-0.05, 0) is 44.2 Å². The van der Waals surface area contributed by atoms with E-state index < -0.39 is 0 Å². The third-order valence-electron chi connectivity index (χ3n) is 4.67. The van der Waals surface area contributed by atoms with Gasteiger partial charge in [0, 0.05) is 32.0 Å². The lowest BCUT2D eigenvalue weighted by atomic mass is 9.97. The zero-order chi connectivity index (χ0) is 16.1. The fourth-order valence-corrected chi connectivity index (χ4v) is 3.37. The highest BCUT2D eigenvalue weighted by molar-refractivity contribution is 5.85. The van der Waals surface area contributed by atoms with Crippen molar-refractivity contribution in [3.05, 3.63) is 18.5 Å². The van der Waals surface area contributed by atoms with Crippen LogP contribution in [-0.4, -0.2) is 58.7 Å². The second kappa shape index (κ2) is 10.6. The van der Waals surface area contributed by atoms with Gasteiger partial charge in [0.15, 0.2) is 0 Å². The number of carbonyl (C=O) groups is 2. The number of nitrogens with one attached hydrogen (secondary N) is 2. The summed E-state index contributed by atoms with van der Waals surface area (Å²) in [7, 11) is 0. The Bertz CT molecular complexity index is 535. The number of likely N-dealkylation sites (tertiary alicyclic amines) is 1. The number of amides is 2. The minimum Gasteiger partial charge on any atom is -0.354 e. The Balaban J connectivity index is 0.00000156. The van der Waals surface area contributed by atoms with Gasteiger partial charge in [-0.3, -0.25) is 14.3 Å². The van der Waals surface area contributed by atoms with E-state index in [-0.39, 0.29) is 49.2 Å². The summed E-state index contributed by atoms with van der Waals surface area (Å²) < 4.78 is 1.65. The lowest BCUT2D eigenvalue weighted by Gasteiger charge is -2.33. The molecule has 0 radical (unpaired) electrons. The molecule has 2 atom stereocenters. The van der Waals surface area contributed by atoms with E-state index in [2.05, 4.69) is 15.7 Å². The van der Waals surface area contributed by atoms with Gasteiger partial charge in [-0.1, -0.05) is 0 Å². The van der Waals surface area contributed by atoms with Crippen LogP contribution in [0.1, 0.15) is 25.7 Å². The van der Waals surface area contributed by atoms with E-state index in [1.807, 2.05) is 11.0 Å². The molecular formula is C16H27Cl2N5O2. The maximum atomic E-state index is 12.3. The van der Waals surface area contributed by atoms with Gasteiger partial charge in [0.2, 0.25) is 11.8 Å². The molecule has 3 heterocycles. The van der Waals surface area contributed by atoms with Crippen molar-refractivity contribution in [2.24, 2.45) is 5.92 Å². The molecule has 2 aliphatic heterocycles. The number of piperidine rings is 1. The van der Waals surface area contributed by atoms with E-state index in [0.717, 1.165) is 45.3 Å². The fraction of sp³-hybridized carbons (Fsp3) is 0.688. The van der Waals surface area contributed by atoms with Gasteiger partial charge >= 0.3 is 0 Å². The molecule has 142 valence electrons. The first-order valence-electron chi connectivity index (χ1n) is 8.48. The predicted molar refractivity (Wildman–Crippen MR) is 100 cm³/mol. The van der Waals surface area contributed by atoms with Crippen LogP contribution >= 0.6 is 24.8 Å². The molecule has 2 saturated heterocycles. The Morgan fingerprint density at radius 3 is 2.76 bits per heavy atom. The minimum absolute atomic E-state index is 0. The number of carbonyl (C=O) groups excluding carboxylic acids is 2. The Hall–Kier alpha value is -1.31. The fourth-order valence-electron chi connectivity index (χ4n) is 3.37. The number of halogens is 2. The molecule has 25 heavy (non-hydrogen) atoms. The van der Waals surface area contributed by atoms with Crippen LogP contribution < -0.4 is 10.6 Å². The zero-order valence-electron chi connectivity index (χ0n) is 14.2. The summed E-state index contributed by atoms with van der Waals surface area (Å²) in [4.78, 5) is 26.3. The SMILES string of the molecule is Cl.Cl.O=C(NCC1CCCN(C(=O)Cn2cccn2)C1)C1CCCN1. The van der Waals surface area contributed by atoms with Gasteiger partial charge in [0.25, 0.3) is 0 Å². The van der Waals surface area contributed by atoms with Crippen molar-refractivity contribution in [1.29, 1.82) is 0 Å². The average molecular weight is 392 g/mol. The standard InChI is InChI=1S/C16H25N5O2.2ClH/c22-15(12-21-9-3-7-19-21)20-8-2-4-13(11-20)10-18-16(23)14-5-1-6-17-14;;/h3,7,9,13-14,17H,1-2,4-6,8,10-12H2,(H,18,23);2*1H. The first kappa shape index (κ1) is 21.7. The molecule has 2 aliphatic rings. The molecule has 0 bridgehead atoms. The molecule has 7 nitrogen and oxygen atoms in total. The average Bonchev–Trinajstić information content (AvgIpc) is 3.26. The van der Waals surface area contributed by atoms with Gasteiger partial charge in [0.1, 0.15) is 6.54 Å². The highest BCUT2D eigenvalue weighted by atomic mass is 35.5. The van der Waals surface area contributed by atoms with Gasteiger partial charge in [-0.15, -0.1) is 24.8 Å². The van der Waals surface area contributed by atoms with Gasteiger partial charge in [0.05, 0.1) is 6.04 Å². The van der Waals surface area contributed by atoms with Gasteiger partial charge in [-0.25, -0.2) is 0 Å². The first-order valence-corrected chi connectivity index (χ1v) is 8.48. The van der Waals surface area contributed by atoms with Crippen molar-refractivity contribution in [1.82, 2.24) is 25.3 Å². The Morgan fingerprint density at radius 1 is 1.24 bits per heavy atom. The second-order valence-corrected chi connectivity index (χ2v) is 6.45. The van der Waals surface area contributed by atoms with E-state index >= 15 is 0 Å².